The molecule has 1 amide bonds. The SMILES string of the molecule is CC(C)(C)S(=O)(=O)NC(=O)CO. The molecule has 0 saturated carbocycles. The Morgan fingerprint density at radius 3 is 2.08 bits per heavy atom. The minimum atomic E-state index is -3.67. The Morgan fingerprint density at radius 2 is 1.83 bits per heavy atom. The maximum Gasteiger partial charge on any atom is 0.259 e. The molecule has 0 aliphatic heterocycles. The summed E-state index contributed by atoms with van der Waals surface area (Å²) >= 11 is 0. The van der Waals surface area contributed by atoms with Crippen LogP contribution in [-0.2, 0) is 14.8 Å². The van der Waals surface area contributed by atoms with E-state index in [-0.39, 0.29) is 0 Å². The zero-order valence-electron chi connectivity index (χ0n) is 7.29. The van der Waals surface area contributed by atoms with E-state index >= 15 is 0 Å². The molecule has 0 heterocycles. The van der Waals surface area contributed by atoms with Gasteiger partial charge < -0.3 is 5.11 Å². The summed E-state index contributed by atoms with van der Waals surface area (Å²) in [6, 6.07) is 0. The van der Waals surface area contributed by atoms with Crippen LogP contribution in [0.5, 0.6) is 0 Å². The molecule has 0 unspecified atom stereocenters. The standard InChI is InChI=1S/C6H13NO4S/c1-6(2,3)12(10,11)7-5(9)4-8/h8H,4H2,1-3H3,(H,7,9). The number of aliphatic hydroxyl groups excluding tert-OH is 1. The number of sulfonamides is 1. The molecule has 0 aromatic heterocycles. The number of carbonyl (C=O) groups excluding carboxylic acids is 1. The van der Waals surface area contributed by atoms with Crippen LogP contribution < -0.4 is 4.72 Å². The van der Waals surface area contributed by atoms with Crippen LogP contribution in [0, 0.1) is 0 Å². The lowest BCUT2D eigenvalue weighted by atomic mass is 10.3. The summed E-state index contributed by atoms with van der Waals surface area (Å²) in [4.78, 5) is 10.5. The van der Waals surface area contributed by atoms with Gasteiger partial charge in [0.1, 0.15) is 6.61 Å². The summed E-state index contributed by atoms with van der Waals surface area (Å²) in [6.45, 7) is 3.55. The molecular formula is C6H13NO4S. The molecule has 5 nitrogen and oxygen atoms in total. The highest BCUT2D eigenvalue weighted by molar-refractivity contribution is 7.91. The first-order valence-corrected chi connectivity index (χ1v) is 4.85. The summed E-state index contributed by atoms with van der Waals surface area (Å²) in [5.74, 6) is -0.912. The maximum atomic E-state index is 11.2. The van der Waals surface area contributed by atoms with Crippen molar-refractivity contribution >= 4 is 15.9 Å². The Bertz CT molecular complexity index is 262. The zero-order chi connectivity index (χ0) is 9.99. The number of carbonyl (C=O) groups is 1. The van der Waals surface area contributed by atoms with Gasteiger partial charge in [0.15, 0.2) is 0 Å². The van der Waals surface area contributed by atoms with Gasteiger partial charge in [0.2, 0.25) is 10.0 Å². The summed E-state index contributed by atoms with van der Waals surface area (Å²) < 4.78 is 23.0. The van der Waals surface area contributed by atoms with E-state index in [0.29, 0.717) is 0 Å². The summed E-state index contributed by atoms with van der Waals surface area (Å²) in [5.41, 5.74) is 0. The van der Waals surface area contributed by atoms with Crippen LogP contribution in [0.2, 0.25) is 0 Å². The monoisotopic (exact) mass is 195 g/mol. The first-order valence-electron chi connectivity index (χ1n) is 3.37. The Kier molecular flexibility index (Phi) is 3.23. The van der Waals surface area contributed by atoms with E-state index in [1.54, 1.807) is 4.72 Å². The Balaban J connectivity index is 4.58. The van der Waals surface area contributed by atoms with Crippen molar-refractivity contribution in [1.82, 2.24) is 4.72 Å². The highest BCUT2D eigenvalue weighted by Gasteiger charge is 2.30. The van der Waals surface area contributed by atoms with Crippen molar-refractivity contribution in [3.05, 3.63) is 0 Å². The van der Waals surface area contributed by atoms with Crippen molar-refractivity contribution < 1.29 is 18.3 Å². The predicted octanol–water partition coefficient (Wildman–Crippen LogP) is -0.777. The number of nitrogens with one attached hydrogen (secondary N) is 1. The second kappa shape index (κ2) is 3.40. The van der Waals surface area contributed by atoms with Crippen molar-refractivity contribution in [2.75, 3.05) is 6.61 Å². The van der Waals surface area contributed by atoms with E-state index in [2.05, 4.69) is 0 Å². The molecule has 12 heavy (non-hydrogen) atoms. The van der Waals surface area contributed by atoms with E-state index in [0.717, 1.165) is 0 Å². The third kappa shape index (κ3) is 2.78. The normalized spacial score (nSPS) is 12.7. The van der Waals surface area contributed by atoms with Crippen LogP contribution >= 0.6 is 0 Å². The van der Waals surface area contributed by atoms with Crippen LogP contribution in [0.15, 0.2) is 0 Å². The van der Waals surface area contributed by atoms with Gasteiger partial charge in [0.05, 0.1) is 4.75 Å². The molecule has 0 radical (unpaired) electrons. The van der Waals surface area contributed by atoms with E-state index in [9.17, 15) is 13.2 Å². The van der Waals surface area contributed by atoms with E-state index < -0.39 is 27.3 Å². The van der Waals surface area contributed by atoms with E-state index in [1.165, 1.54) is 20.8 Å². The molecule has 0 saturated heterocycles. The fraction of sp³-hybridized carbons (Fsp3) is 0.833. The van der Waals surface area contributed by atoms with Crippen LogP contribution in [0.1, 0.15) is 20.8 Å². The van der Waals surface area contributed by atoms with Gasteiger partial charge in [-0.25, -0.2) is 8.42 Å². The minimum absolute atomic E-state index is 0.824. The first kappa shape index (κ1) is 11.4. The lowest BCUT2D eigenvalue weighted by Gasteiger charge is -2.18. The van der Waals surface area contributed by atoms with Crippen LogP contribution in [0.25, 0.3) is 0 Å². The van der Waals surface area contributed by atoms with Gasteiger partial charge in [0.25, 0.3) is 5.91 Å². The van der Waals surface area contributed by atoms with Crippen LogP contribution in [0.3, 0.4) is 0 Å². The number of hydrogen-bond donors (Lipinski definition) is 2. The molecule has 2 N–H and O–H groups in total. The number of amides is 1. The minimum Gasteiger partial charge on any atom is -0.387 e. The average molecular weight is 195 g/mol. The van der Waals surface area contributed by atoms with Gasteiger partial charge >= 0.3 is 0 Å². The first-order chi connectivity index (χ1) is 5.20. The van der Waals surface area contributed by atoms with Crippen molar-refractivity contribution in [3.8, 4) is 0 Å². The molecule has 0 fully saturated rings. The second-order valence-corrected chi connectivity index (χ2v) is 5.73. The Hall–Kier alpha value is -0.620. The fourth-order valence-electron chi connectivity index (χ4n) is 0.335. The smallest absolute Gasteiger partial charge is 0.259 e. The lowest BCUT2D eigenvalue weighted by Crippen LogP contribution is -2.43. The van der Waals surface area contributed by atoms with Gasteiger partial charge in [-0.3, -0.25) is 9.52 Å². The molecule has 0 atom stereocenters. The molecule has 0 aromatic carbocycles. The molecule has 0 rings (SSSR count). The Labute approximate surface area is 71.8 Å². The molecule has 0 bridgehead atoms. The van der Waals surface area contributed by atoms with Crippen molar-refractivity contribution in [2.24, 2.45) is 0 Å². The largest absolute Gasteiger partial charge is 0.387 e. The molecule has 6 heteroatoms. The summed E-state index contributed by atoms with van der Waals surface area (Å²) in [7, 11) is -3.67. The molecule has 0 aromatic rings. The van der Waals surface area contributed by atoms with E-state index in [1.807, 2.05) is 0 Å². The quantitative estimate of drug-likeness (QED) is 0.605. The Morgan fingerprint density at radius 1 is 1.42 bits per heavy atom. The molecule has 72 valence electrons. The van der Waals surface area contributed by atoms with Gasteiger partial charge in [-0.2, -0.15) is 0 Å². The van der Waals surface area contributed by atoms with Crippen LogP contribution in [0.4, 0.5) is 0 Å². The third-order valence-corrected chi connectivity index (χ3v) is 3.31. The fourth-order valence-corrected chi connectivity index (χ4v) is 1.01. The van der Waals surface area contributed by atoms with Crippen molar-refractivity contribution in [1.29, 1.82) is 0 Å². The second-order valence-electron chi connectivity index (χ2n) is 3.30. The average Bonchev–Trinajstić information content (AvgIpc) is 1.84. The molecule has 0 aliphatic carbocycles. The van der Waals surface area contributed by atoms with Crippen molar-refractivity contribution in [2.45, 2.75) is 25.5 Å². The molecule has 0 aliphatic rings. The number of hydrogen-bond acceptors (Lipinski definition) is 4. The highest BCUT2D eigenvalue weighted by atomic mass is 32.2. The van der Waals surface area contributed by atoms with E-state index in [4.69, 9.17) is 5.11 Å². The lowest BCUT2D eigenvalue weighted by molar-refractivity contribution is -0.122. The topological polar surface area (TPSA) is 83.5 Å². The summed E-state index contributed by atoms with van der Waals surface area (Å²) in [5, 5.41) is 8.29. The van der Waals surface area contributed by atoms with Gasteiger partial charge in [0, 0.05) is 0 Å². The van der Waals surface area contributed by atoms with Gasteiger partial charge in [-0.1, -0.05) is 0 Å². The highest BCUT2D eigenvalue weighted by Crippen LogP contribution is 2.12. The maximum absolute atomic E-state index is 11.2. The number of rotatable bonds is 2. The zero-order valence-corrected chi connectivity index (χ0v) is 8.10. The molecular weight excluding hydrogens is 182 g/mol. The third-order valence-electron chi connectivity index (χ3n) is 1.20. The van der Waals surface area contributed by atoms with Gasteiger partial charge in [-0.05, 0) is 20.8 Å². The molecule has 0 spiro atoms. The summed E-state index contributed by atoms with van der Waals surface area (Å²) in [6.07, 6.45) is 0. The van der Waals surface area contributed by atoms with Crippen LogP contribution in [-0.4, -0.2) is 30.8 Å². The van der Waals surface area contributed by atoms with Gasteiger partial charge in [-0.15, -0.1) is 0 Å². The number of aliphatic hydroxyl groups is 1. The predicted molar refractivity (Wildman–Crippen MR) is 43.9 cm³/mol. The van der Waals surface area contributed by atoms with Crippen molar-refractivity contribution in [3.63, 3.8) is 0 Å².